The van der Waals surface area contributed by atoms with Crippen LogP contribution >= 0.6 is 12.2 Å². The van der Waals surface area contributed by atoms with Crippen molar-refractivity contribution >= 4 is 28.7 Å². The van der Waals surface area contributed by atoms with Gasteiger partial charge in [0.1, 0.15) is 17.6 Å². The van der Waals surface area contributed by atoms with Crippen molar-refractivity contribution in [1.29, 1.82) is 0 Å². The van der Waals surface area contributed by atoms with Crippen LogP contribution in [0.5, 0.6) is 0 Å². The van der Waals surface area contributed by atoms with Gasteiger partial charge >= 0.3 is 0 Å². The van der Waals surface area contributed by atoms with Crippen LogP contribution in [0.15, 0.2) is 89.5 Å². The van der Waals surface area contributed by atoms with Gasteiger partial charge in [0.2, 0.25) is 0 Å². The molecule has 0 unspecified atom stereocenters. The van der Waals surface area contributed by atoms with E-state index in [0.717, 1.165) is 11.4 Å². The molecule has 1 aliphatic heterocycles. The molecule has 0 aliphatic carbocycles. The summed E-state index contributed by atoms with van der Waals surface area (Å²) in [5.41, 5.74) is 3.69. The van der Waals surface area contributed by atoms with Crippen molar-refractivity contribution in [3.8, 4) is 11.3 Å². The first kappa shape index (κ1) is 22.7. The third-order valence-corrected chi connectivity index (χ3v) is 6.51. The minimum atomic E-state index is -0.410. The number of nitrogens with zero attached hydrogens (tertiary/aromatic N) is 3. The Morgan fingerprint density at radius 3 is 2.54 bits per heavy atom. The molecule has 5 rings (SSSR count). The minimum absolute atomic E-state index is 0.0161. The highest BCUT2D eigenvalue weighted by Gasteiger charge is 2.42. The quantitative estimate of drug-likeness (QED) is 0.189. The van der Waals surface area contributed by atoms with Gasteiger partial charge in [-0.15, -0.1) is 0 Å². The number of nitrogens with one attached hydrogen (secondary N) is 1. The van der Waals surface area contributed by atoms with Crippen molar-refractivity contribution in [2.45, 2.75) is 31.8 Å². The normalized spacial score (nSPS) is 17.6. The molecular formula is C27H24N4O3S. The molecule has 35 heavy (non-hydrogen) atoms. The van der Waals surface area contributed by atoms with Crippen molar-refractivity contribution in [1.82, 2.24) is 10.3 Å². The van der Waals surface area contributed by atoms with E-state index in [1.165, 1.54) is 17.7 Å². The van der Waals surface area contributed by atoms with Crippen LogP contribution < -0.4 is 10.2 Å². The first-order valence-electron chi connectivity index (χ1n) is 11.4. The summed E-state index contributed by atoms with van der Waals surface area (Å²) in [4.78, 5) is 17.4. The summed E-state index contributed by atoms with van der Waals surface area (Å²) >= 11 is 5.78. The van der Waals surface area contributed by atoms with Crippen LogP contribution in [-0.4, -0.2) is 15.0 Å². The van der Waals surface area contributed by atoms with E-state index >= 15 is 0 Å². The molecule has 0 spiro atoms. The smallest absolute Gasteiger partial charge is 0.270 e. The molecule has 176 valence electrons. The maximum absolute atomic E-state index is 11.2. The largest absolute Gasteiger partial charge is 0.459 e. The van der Waals surface area contributed by atoms with E-state index in [-0.39, 0.29) is 17.8 Å². The molecule has 3 heterocycles. The fraction of sp³-hybridized carbons (Fsp3) is 0.185. The number of nitro benzene ring substituents is 1. The number of anilines is 1. The molecular weight excluding hydrogens is 460 g/mol. The Labute approximate surface area is 208 Å². The van der Waals surface area contributed by atoms with Crippen LogP contribution in [0.3, 0.4) is 0 Å². The Bertz CT molecular complexity index is 1370. The van der Waals surface area contributed by atoms with Crippen LogP contribution in [-0.2, 0) is 0 Å². The molecule has 2 aromatic carbocycles. The van der Waals surface area contributed by atoms with Crippen LogP contribution in [0.4, 0.5) is 11.4 Å². The van der Waals surface area contributed by atoms with Gasteiger partial charge in [0.05, 0.1) is 16.7 Å². The number of hydrogen-bond acceptors (Lipinski definition) is 5. The van der Waals surface area contributed by atoms with E-state index in [0.29, 0.717) is 28.1 Å². The molecule has 8 heteroatoms. The predicted octanol–water partition coefficient (Wildman–Crippen LogP) is 6.55. The number of benzene rings is 2. The fourth-order valence-electron chi connectivity index (χ4n) is 4.38. The Morgan fingerprint density at radius 1 is 1.06 bits per heavy atom. The number of non-ortho nitro benzene ring substituents is 1. The fourth-order valence-corrected chi connectivity index (χ4v) is 4.73. The average molecular weight is 485 g/mol. The Balaban J connectivity index is 1.57. The van der Waals surface area contributed by atoms with Gasteiger partial charge in [-0.05, 0) is 60.1 Å². The molecule has 2 aromatic heterocycles. The monoisotopic (exact) mass is 484 g/mol. The summed E-state index contributed by atoms with van der Waals surface area (Å²) in [6, 6.07) is 23.8. The zero-order chi connectivity index (χ0) is 24.5. The van der Waals surface area contributed by atoms with E-state index in [1.54, 1.807) is 18.3 Å². The molecule has 4 aromatic rings. The summed E-state index contributed by atoms with van der Waals surface area (Å²) in [5.74, 6) is 1.66. The van der Waals surface area contributed by atoms with Gasteiger partial charge in [0.15, 0.2) is 5.11 Å². The van der Waals surface area contributed by atoms with Crippen molar-refractivity contribution < 1.29 is 9.34 Å². The Kier molecular flexibility index (Phi) is 6.05. The molecule has 1 saturated heterocycles. The lowest BCUT2D eigenvalue weighted by molar-refractivity contribution is -0.384. The van der Waals surface area contributed by atoms with E-state index in [2.05, 4.69) is 53.3 Å². The number of furan rings is 1. The van der Waals surface area contributed by atoms with E-state index in [9.17, 15) is 10.1 Å². The standard InChI is InChI=1S/C27H24N4O3S/c1-17(2)18-9-11-20(12-10-18)30-26(25(29-27(30)35)22-8-3-4-15-28-22)24-14-13-23(34-24)19-6-5-7-21(16-19)31(32)33/h3-17,25-26H,1-2H3,(H,29,35)/t25-,26+/m1/s1. The lowest BCUT2D eigenvalue weighted by atomic mass is 10.0. The highest BCUT2D eigenvalue weighted by molar-refractivity contribution is 7.80. The van der Waals surface area contributed by atoms with Crippen molar-refractivity contribution in [2.75, 3.05) is 4.90 Å². The number of rotatable bonds is 6. The second-order valence-corrected chi connectivity index (χ2v) is 9.14. The summed E-state index contributed by atoms with van der Waals surface area (Å²) < 4.78 is 6.31. The summed E-state index contributed by atoms with van der Waals surface area (Å²) in [7, 11) is 0. The van der Waals surface area contributed by atoms with Gasteiger partial charge in [-0.3, -0.25) is 15.1 Å². The maximum Gasteiger partial charge on any atom is 0.270 e. The molecule has 0 bridgehead atoms. The molecule has 1 N–H and O–H groups in total. The third kappa shape index (κ3) is 4.40. The lowest BCUT2D eigenvalue weighted by Gasteiger charge is -2.26. The van der Waals surface area contributed by atoms with E-state index in [4.69, 9.17) is 16.6 Å². The Morgan fingerprint density at radius 2 is 1.86 bits per heavy atom. The number of thiocarbonyl (C=S) groups is 1. The van der Waals surface area contributed by atoms with Crippen molar-refractivity contribution in [2.24, 2.45) is 0 Å². The van der Waals surface area contributed by atoms with E-state index < -0.39 is 4.92 Å². The summed E-state index contributed by atoms with van der Waals surface area (Å²) in [5, 5.41) is 15.2. The molecule has 2 atom stereocenters. The summed E-state index contributed by atoms with van der Waals surface area (Å²) in [6.07, 6.45) is 1.76. The average Bonchev–Trinajstić information content (AvgIpc) is 3.49. The second kappa shape index (κ2) is 9.31. The number of nitro groups is 1. The minimum Gasteiger partial charge on any atom is -0.459 e. The zero-order valence-electron chi connectivity index (χ0n) is 19.3. The number of pyridine rings is 1. The molecule has 0 amide bonds. The van der Waals surface area contributed by atoms with Gasteiger partial charge in [0.25, 0.3) is 5.69 Å². The Hall–Kier alpha value is -4.04. The lowest BCUT2D eigenvalue weighted by Crippen LogP contribution is -2.29. The molecule has 0 radical (unpaired) electrons. The topological polar surface area (TPSA) is 84.4 Å². The van der Waals surface area contributed by atoms with Gasteiger partial charge in [0, 0.05) is 29.6 Å². The number of hydrogen-bond donors (Lipinski definition) is 1. The first-order valence-corrected chi connectivity index (χ1v) is 11.8. The predicted molar refractivity (Wildman–Crippen MR) is 139 cm³/mol. The zero-order valence-corrected chi connectivity index (χ0v) is 20.1. The highest BCUT2D eigenvalue weighted by atomic mass is 32.1. The first-order chi connectivity index (χ1) is 16.9. The number of aromatic nitrogens is 1. The molecule has 1 fully saturated rings. The second-order valence-electron chi connectivity index (χ2n) is 8.75. The van der Waals surface area contributed by atoms with Crippen LogP contribution in [0.2, 0.25) is 0 Å². The van der Waals surface area contributed by atoms with Crippen LogP contribution in [0.1, 0.15) is 48.9 Å². The van der Waals surface area contributed by atoms with Gasteiger partial charge < -0.3 is 14.6 Å². The maximum atomic E-state index is 11.2. The third-order valence-electron chi connectivity index (χ3n) is 6.20. The van der Waals surface area contributed by atoms with E-state index in [1.807, 2.05) is 30.3 Å². The van der Waals surface area contributed by atoms with Crippen LogP contribution in [0.25, 0.3) is 11.3 Å². The highest BCUT2D eigenvalue weighted by Crippen LogP contribution is 2.43. The van der Waals surface area contributed by atoms with Gasteiger partial charge in [-0.1, -0.05) is 44.2 Å². The summed E-state index contributed by atoms with van der Waals surface area (Å²) in [6.45, 7) is 4.32. The van der Waals surface area contributed by atoms with Gasteiger partial charge in [-0.2, -0.15) is 0 Å². The van der Waals surface area contributed by atoms with Crippen molar-refractivity contribution in [3.05, 3.63) is 112 Å². The molecule has 7 nitrogen and oxygen atoms in total. The molecule has 1 aliphatic rings. The van der Waals surface area contributed by atoms with Crippen molar-refractivity contribution in [3.63, 3.8) is 0 Å². The van der Waals surface area contributed by atoms with Gasteiger partial charge in [-0.25, -0.2) is 0 Å². The SMILES string of the molecule is CC(C)c1ccc(N2C(=S)N[C@H](c3ccccn3)[C@@H]2c2ccc(-c3cccc([N+](=O)[O-])c3)o2)cc1. The molecule has 0 saturated carbocycles. The van der Waals surface area contributed by atoms with Crippen LogP contribution in [0, 0.1) is 10.1 Å².